The number of rotatable bonds is 7. The summed E-state index contributed by atoms with van der Waals surface area (Å²) < 4.78 is 0. The molecule has 2 aromatic rings. The van der Waals surface area contributed by atoms with Crippen molar-refractivity contribution in [1.29, 1.82) is 0 Å². The van der Waals surface area contributed by atoms with Gasteiger partial charge in [-0.15, -0.1) is 0 Å². The highest BCUT2D eigenvalue weighted by Gasteiger charge is 2.09. The van der Waals surface area contributed by atoms with Crippen molar-refractivity contribution >= 4 is 11.8 Å². The minimum Gasteiger partial charge on any atom is -0.306 e. The molecule has 0 aliphatic carbocycles. The molecule has 0 spiro atoms. The van der Waals surface area contributed by atoms with Crippen LogP contribution >= 0.6 is 11.8 Å². The maximum atomic E-state index is 4.31. The van der Waals surface area contributed by atoms with E-state index in [-0.39, 0.29) is 0 Å². The van der Waals surface area contributed by atoms with E-state index < -0.39 is 0 Å². The van der Waals surface area contributed by atoms with Crippen molar-refractivity contribution in [1.82, 2.24) is 15.3 Å². The Labute approximate surface area is 125 Å². The highest BCUT2D eigenvalue weighted by molar-refractivity contribution is 7.98. The van der Waals surface area contributed by atoms with Gasteiger partial charge in [-0.2, -0.15) is 0 Å². The number of nitrogens with one attached hydrogen (secondary N) is 1. The Morgan fingerprint density at radius 2 is 1.85 bits per heavy atom. The lowest BCUT2D eigenvalue weighted by Gasteiger charge is -2.18. The number of thioether (sulfide) groups is 1. The monoisotopic (exact) mass is 287 g/mol. The van der Waals surface area contributed by atoms with Crippen molar-refractivity contribution in [2.75, 3.05) is 6.26 Å². The second kappa shape index (κ2) is 8.02. The maximum Gasteiger partial charge on any atom is 0.187 e. The summed E-state index contributed by atoms with van der Waals surface area (Å²) in [6.45, 7) is 3.02. The molecule has 1 heterocycles. The van der Waals surface area contributed by atoms with Crippen LogP contribution in [0.5, 0.6) is 0 Å². The first-order chi connectivity index (χ1) is 9.83. The first kappa shape index (κ1) is 15.0. The van der Waals surface area contributed by atoms with Gasteiger partial charge in [0, 0.05) is 30.5 Å². The largest absolute Gasteiger partial charge is 0.306 e. The molecule has 0 saturated heterocycles. The minimum atomic E-state index is 0.390. The molecule has 0 radical (unpaired) electrons. The molecule has 0 amide bonds. The third kappa shape index (κ3) is 4.32. The fourth-order valence-corrected chi connectivity index (χ4v) is 2.46. The van der Waals surface area contributed by atoms with E-state index in [0.29, 0.717) is 6.04 Å². The van der Waals surface area contributed by atoms with Crippen LogP contribution in [0, 0.1) is 0 Å². The Morgan fingerprint density at radius 1 is 1.15 bits per heavy atom. The average Bonchev–Trinajstić information content (AvgIpc) is 2.53. The van der Waals surface area contributed by atoms with Gasteiger partial charge in [-0.05, 0) is 18.2 Å². The third-order valence-electron chi connectivity index (χ3n) is 3.20. The van der Waals surface area contributed by atoms with Gasteiger partial charge in [0.15, 0.2) is 5.16 Å². The fourth-order valence-electron chi connectivity index (χ4n) is 2.14. The SMILES string of the molecule is CCC[C@H](NCc1cnc(SC)nc1)c1ccccc1. The summed E-state index contributed by atoms with van der Waals surface area (Å²) >= 11 is 1.56. The van der Waals surface area contributed by atoms with E-state index in [9.17, 15) is 0 Å². The van der Waals surface area contributed by atoms with E-state index >= 15 is 0 Å². The quantitative estimate of drug-likeness (QED) is 0.620. The van der Waals surface area contributed by atoms with Crippen molar-refractivity contribution in [2.24, 2.45) is 0 Å². The highest BCUT2D eigenvalue weighted by atomic mass is 32.2. The predicted octanol–water partition coefficient (Wildman–Crippen LogP) is 3.83. The Kier molecular flexibility index (Phi) is 6.02. The molecule has 3 nitrogen and oxygen atoms in total. The first-order valence-corrected chi connectivity index (χ1v) is 8.19. The van der Waals surface area contributed by atoms with Gasteiger partial charge in [-0.1, -0.05) is 55.4 Å². The van der Waals surface area contributed by atoms with Crippen LogP contribution in [-0.4, -0.2) is 16.2 Å². The fraction of sp³-hybridized carbons (Fsp3) is 0.375. The van der Waals surface area contributed by atoms with Crippen molar-refractivity contribution in [3.05, 3.63) is 53.9 Å². The molecule has 0 unspecified atom stereocenters. The van der Waals surface area contributed by atoms with Crippen LogP contribution in [0.15, 0.2) is 47.9 Å². The molecular formula is C16H21N3S. The van der Waals surface area contributed by atoms with E-state index in [1.54, 1.807) is 11.8 Å². The van der Waals surface area contributed by atoms with E-state index in [0.717, 1.165) is 30.1 Å². The topological polar surface area (TPSA) is 37.8 Å². The molecule has 0 saturated carbocycles. The van der Waals surface area contributed by atoms with Crippen LogP contribution in [0.1, 0.15) is 36.9 Å². The molecule has 0 fully saturated rings. The first-order valence-electron chi connectivity index (χ1n) is 6.96. The van der Waals surface area contributed by atoms with Gasteiger partial charge in [-0.3, -0.25) is 0 Å². The number of aromatic nitrogens is 2. The smallest absolute Gasteiger partial charge is 0.187 e. The van der Waals surface area contributed by atoms with Crippen LogP contribution in [0.2, 0.25) is 0 Å². The zero-order chi connectivity index (χ0) is 14.2. The zero-order valence-corrected chi connectivity index (χ0v) is 12.9. The molecule has 20 heavy (non-hydrogen) atoms. The van der Waals surface area contributed by atoms with Crippen LogP contribution < -0.4 is 5.32 Å². The molecule has 1 aromatic carbocycles. The van der Waals surface area contributed by atoms with Gasteiger partial charge in [0.2, 0.25) is 0 Å². The van der Waals surface area contributed by atoms with E-state index in [4.69, 9.17) is 0 Å². The van der Waals surface area contributed by atoms with Gasteiger partial charge in [-0.25, -0.2) is 9.97 Å². The normalized spacial score (nSPS) is 12.3. The standard InChI is InChI=1S/C16H21N3S/c1-3-7-15(14-8-5-4-6-9-14)17-10-13-11-18-16(20-2)19-12-13/h4-6,8-9,11-12,15,17H,3,7,10H2,1-2H3/t15-/m0/s1. The number of hydrogen-bond acceptors (Lipinski definition) is 4. The van der Waals surface area contributed by atoms with E-state index in [1.165, 1.54) is 5.56 Å². The van der Waals surface area contributed by atoms with Crippen molar-refractivity contribution in [2.45, 2.75) is 37.5 Å². The molecule has 106 valence electrons. The zero-order valence-electron chi connectivity index (χ0n) is 12.0. The summed E-state index contributed by atoms with van der Waals surface area (Å²) in [7, 11) is 0. The van der Waals surface area contributed by atoms with E-state index in [1.807, 2.05) is 18.6 Å². The summed E-state index contributed by atoms with van der Waals surface area (Å²) in [6.07, 6.45) is 8.09. The molecule has 2 rings (SSSR count). The van der Waals surface area contributed by atoms with Crippen molar-refractivity contribution < 1.29 is 0 Å². The molecule has 1 aromatic heterocycles. The lowest BCUT2D eigenvalue weighted by atomic mass is 10.0. The molecule has 1 atom stereocenters. The molecule has 0 aliphatic rings. The number of nitrogens with zero attached hydrogens (tertiary/aromatic N) is 2. The summed E-state index contributed by atoms with van der Waals surface area (Å²) in [5.74, 6) is 0. The summed E-state index contributed by atoms with van der Waals surface area (Å²) in [4.78, 5) is 8.61. The second-order valence-corrected chi connectivity index (χ2v) is 5.48. The molecule has 0 bridgehead atoms. The Balaban J connectivity index is 1.98. The van der Waals surface area contributed by atoms with Crippen molar-refractivity contribution in [3.63, 3.8) is 0 Å². The van der Waals surface area contributed by atoms with E-state index in [2.05, 4.69) is 52.5 Å². The third-order valence-corrected chi connectivity index (χ3v) is 3.77. The Hall–Kier alpha value is -1.39. The van der Waals surface area contributed by atoms with Gasteiger partial charge < -0.3 is 5.32 Å². The number of benzene rings is 1. The van der Waals surface area contributed by atoms with Gasteiger partial charge >= 0.3 is 0 Å². The summed E-state index contributed by atoms with van der Waals surface area (Å²) in [5, 5.41) is 4.43. The predicted molar refractivity (Wildman–Crippen MR) is 84.7 cm³/mol. The van der Waals surface area contributed by atoms with Crippen LogP contribution in [0.3, 0.4) is 0 Å². The molecule has 4 heteroatoms. The van der Waals surface area contributed by atoms with Crippen molar-refractivity contribution in [3.8, 4) is 0 Å². The van der Waals surface area contributed by atoms with Crippen LogP contribution in [0.25, 0.3) is 0 Å². The highest BCUT2D eigenvalue weighted by Crippen LogP contribution is 2.18. The number of hydrogen-bond donors (Lipinski definition) is 1. The lowest BCUT2D eigenvalue weighted by Crippen LogP contribution is -2.21. The van der Waals surface area contributed by atoms with Crippen LogP contribution in [0.4, 0.5) is 0 Å². The van der Waals surface area contributed by atoms with Crippen LogP contribution in [-0.2, 0) is 6.54 Å². The minimum absolute atomic E-state index is 0.390. The Morgan fingerprint density at radius 3 is 2.45 bits per heavy atom. The Bertz CT molecular complexity index is 499. The lowest BCUT2D eigenvalue weighted by molar-refractivity contribution is 0.492. The summed E-state index contributed by atoms with van der Waals surface area (Å²) in [5.41, 5.74) is 2.47. The summed E-state index contributed by atoms with van der Waals surface area (Å²) in [6, 6.07) is 11.0. The van der Waals surface area contributed by atoms with Gasteiger partial charge in [0.25, 0.3) is 0 Å². The molecule has 0 aliphatic heterocycles. The maximum absolute atomic E-state index is 4.31. The van der Waals surface area contributed by atoms with Gasteiger partial charge in [0.1, 0.15) is 0 Å². The molecular weight excluding hydrogens is 266 g/mol. The average molecular weight is 287 g/mol. The van der Waals surface area contributed by atoms with Gasteiger partial charge in [0.05, 0.1) is 0 Å². The second-order valence-electron chi connectivity index (χ2n) is 4.71. The molecule has 1 N–H and O–H groups in total.